The molecule has 3 N–H and O–H groups in total. The molecule has 0 fully saturated rings. The van der Waals surface area contributed by atoms with E-state index in [2.05, 4.69) is 61.1 Å². The summed E-state index contributed by atoms with van der Waals surface area (Å²) in [5.74, 6) is 0. The van der Waals surface area contributed by atoms with Crippen LogP contribution in [-0.4, -0.2) is 25.8 Å². The van der Waals surface area contributed by atoms with Crippen LogP contribution in [0.25, 0.3) is 0 Å². The van der Waals surface area contributed by atoms with Gasteiger partial charge in [0.1, 0.15) is 12.6 Å². The molecule has 0 saturated carbocycles. The molecule has 0 saturated heterocycles. The van der Waals surface area contributed by atoms with Crippen molar-refractivity contribution < 1.29 is 4.90 Å². The van der Waals surface area contributed by atoms with Crippen LogP contribution in [-0.2, 0) is 6.54 Å². The highest BCUT2D eigenvalue weighted by Crippen LogP contribution is 2.10. The first-order chi connectivity index (χ1) is 10.6. The van der Waals surface area contributed by atoms with Crippen LogP contribution in [0.4, 0.5) is 0 Å². The molecule has 0 spiro atoms. The molecule has 0 aliphatic rings. The number of thiocarbonyl (C=S) groups is 1. The van der Waals surface area contributed by atoms with Gasteiger partial charge < -0.3 is 15.5 Å². The molecule has 2 aromatic rings. The molecule has 2 aromatic carbocycles. The van der Waals surface area contributed by atoms with E-state index >= 15 is 0 Å². The Kier molecular flexibility index (Phi) is 6.37. The minimum absolute atomic E-state index is 0.210. The highest BCUT2D eigenvalue weighted by molar-refractivity contribution is 7.80. The predicted molar refractivity (Wildman–Crippen MR) is 95.9 cm³/mol. The van der Waals surface area contributed by atoms with E-state index < -0.39 is 0 Å². The van der Waals surface area contributed by atoms with Crippen molar-refractivity contribution in [3.8, 4) is 0 Å². The van der Waals surface area contributed by atoms with Crippen LogP contribution in [0.15, 0.2) is 60.7 Å². The molecule has 1 atom stereocenters. The van der Waals surface area contributed by atoms with E-state index in [1.165, 1.54) is 16.0 Å². The van der Waals surface area contributed by atoms with Crippen molar-refractivity contribution in [3.05, 3.63) is 71.8 Å². The second-order valence-corrected chi connectivity index (χ2v) is 6.10. The molecular weight excluding hydrogens is 290 g/mol. The van der Waals surface area contributed by atoms with Gasteiger partial charge in [0.05, 0.1) is 14.1 Å². The van der Waals surface area contributed by atoms with Gasteiger partial charge in [0.15, 0.2) is 5.11 Å². The Bertz CT molecular complexity index is 569. The summed E-state index contributed by atoms with van der Waals surface area (Å²) >= 11 is 5.45. The average Bonchev–Trinajstić information content (AvgIpc) is 2.54. The Labute approximate surface area is 138 Å². The van der Waals surface area contributed by atoms with Gasteiger partial charge in [0, 0.05) is 6.54 Å². The summed E-state index contributed by atoms with van der Waals surface area (Å²) in [6.07, 6.45) is 0. The lowest BCUT2D eigenvalue weighted by Crippen LogP contribution is -3.06. The quantitative estimate of drug-likeness (QED) is 0.707. The molecule has 2 rings (SSSR count). The third kappa shape index (κ3) is 5.47. The van der Waals surface area contributed by atoms with Crippen LogP contribution >= 0.6 is 12.2 Å². The van der Waals surface area contributed by atoms with Crippen LogP contribution in [0.2, 0.25) is 0 Å². The fourth-order valence-electron chi connectivity index (χ4n) is 2.33. The van der Waals surface area contributed by atoms with Crippen LogP contribution < -0.4 is 15.5 Å². The van der Waals surface area contributed by atoms with Gasteiger partial charge in [-0.3, -0.25) is 0 Å². The third-order valence-electron chi connectivity index (χ3n) is 3.42. The molecule has 4 heteroatoms. The molecule has 0 bridgehead atoms. The molecule has 0 amide bonds. The number of hydrogen-bond acceptors (Lipinski definition) is 1. The van der Waals surface area contributed by atoms with E-state index in [0.29, 0.717) is 5.11 Å². The van der Waals surface area contributed by atoms with Gasteiger partial charge in [0.25, 0.3) is 0 Å². The molecule has 22 heavy (non-hydrogen) atoms. The van der Waals surface area contributed by atoms with Crippen molar-refractivity contribution in [2.24, 2.45) is 0 Å². The number of likely N-dealkylation sites (N-methyl/N-ethyl adjacent to an activating group) is 1. The van der Waals surface area contributed by atoms with Crippen molar-refractivity contribution in [1.29, 1.82) is 0 Å². The molecule has 0 unspecified atom stereocenters. The first-order valence-corrected chi connectivity index (χ1v) is 7.98. The highest BCUT2D eigenvalue weighted by Gasteiger charge is 2.15. The van der Waals surface area contributed by atoms with Gasteiger partial charge in [-0.05, 0) is 23.3 Å². The molecule has 0 aliphatic heterocycles. The minimum atomic E-state index is 0.210. The zero-order chi connectivity index (χ0) is 15.8. The van der Waals surface area contributed by atoms with E-state index in [1.807, 2.05) is 24.3 Å². The maximum absolute atomic E-state index is 5.45. The number of hydrogen-bond donors (Lipinski definition) is 3. The summed E-state index contributed by atoms with van der Waals surface area (Å²) in [7, 11) is 4.30. The second kappa shape index (κ2) is 8.51. The smallest absolute Gasteiger partial charge is 0.167 e. The van der Waals surface area contributed by atoms with Gasteiger partial charge in [-0.15, -0.1) is 0 Å². The Morgan fingerprint density at radius 1 is 1.00 bits per heavy atom. The van der Waals surface area contributed by atoms with E-state index in [9.17, 15) is 0 Å². The highest BCUT2D eigenvalue weighted by atomic mass is 32.1. The topological polar surface area (TPSA) is 28.5 Å². The van der Waals surface area contributed by atoms with Crippen LogP contribution in [0.3, 0.4) is 0 Å². The second-order valence-electron chi connectivity index (χ2n) is 5.69. The van der Waals surface area contributed by atoms with Crippen LogP contribution in [0.1, 0.15) is 17.2 Å². The monoisotopic (exact) mass is 314 g/mol. The first kappa shape index (κ1) is 16.5. The van der Waals surface area contributed by atoms with Gasteiger partial charge in [-0.1, -0.05) is 60.7 Å². The van der Waals surface area contributed by atoms with Crippen LogP contribution in [0, 0.1) is 0 Å². The molecular formula is C18H24N3S+. The Hall–Kier alpha value is -1.91. The molecule has 0 aromatic heterocycles. The van der Waals surface area contributed by atoms with Crippen molar-refractivity contribution in [1.82, 2.24) is 10.6 Å². The number of benzene rings is 2. The molecule has 3 nitrogen and oxygen atoms in total. The summed E-state index contributed by atoms with van der Waals surface area (Å²) in [6, 6.07) is 20.9. The lowest BCUT2D eigenvalue weighted by Gasteiger charge is -2.22. The minimum Gasteiger partial charge on any atom is -0.359 e. The normalized spacial score (nSPS) is 12.0. The summed E-state index contributed by atoms with van der Waals surface area (Å²) < 4.78 is 0. The first-order valence-electron chi connectivity index (χ1n) is 7.57. The Balaban J connectivity index is 1.93. The predicted octanol–water partition coefficient (Wildman–Crippen LogP) is 1.54. The van der Waals surface area contributed by atoms with Gasteiger partial charge in [-0.25, -0.2) is 0 Å². The van der Waals surface area contributed by atoms with E-state index in [4.69, 9.17) is 12.2 Å². The van der Waals surface area contributed by atoms with Crippen molar-refractivity contribution >= 4 is 17.3 Å². The molecule has 116 valence electrons. The van der Waals surface area contributed by atoms with Crippen molar-refractivity contribution in [3.63, 3.8) is 0 Å². The molecule has 0 radical (unpaired) electrons. The zero-order valence-electron chi connectivity index (χ0n) is 13.2. The third-order valence-corrected chi connectivity index (χ3v) is 3.68. The molecule has 0 aliphatic carbocycles. The lowest BCUT2D eigenvalue weighted by molar-refractivity contribution is -0.860. The van der Waals surface area contributed by atoms with Gasteiger partial charge in [0.2, 0.25) is 0 Å². The van der Waals surface area contributed by atoms with Crippen molar-refractivity contribution in [2.75, 3.05) is 20.6 Å². The maximum atomic E-state index is 5.45. The Morgan fingerprint density at radius 2 is 1.59 bits per heavy atom. The van der Waals surface area contributed by atoms with Crippen LogP contribution in [0.5, 0.6) is 0 Å². The lowest BCUT2D eigenvalue weighted by atomic mass is 10.1. The largest absolute Gasteiger partial charge is 0.359 e. The van der Waals surface area contributed by atoms with E-state index in [1.54, 1.807) is 0 Å². The van der Waals surface area contributed by atoms with Gasteiger partial charge in [-0.2, -0.15) is 0 Å². The maximum Gasteiger partial charge on any atom is 0.167 e. The zero-order valence-corrected chi connectivity index (χ0v) is 14.0. The summed E-state index contributed by atoms with van der Waals surface area (Å²) in [4.78, 5) is 1.38. The summed E-state index contributed by atoms with van der Waals surface area (Å²) in [6.45, 7) is 1.71. The van der Waals surface area contributed by atoms with E-state index in [-0.39, 0.29) is 6.04 Å². The van der Waals surface area contributed by atoms with Gasteiger partial charge >= 0.3 is 0 Å². The van der Waals surface area contributed by atoms with Crippen molar-refractivity contribution in [2.45, 2.75) is 12.6 Å². The standard InChI is InChI=1S/C18H23N3S/c1-21(2)14-17(16-11-7-4-8-12-16)20-18(22)19-13-15-9-5-3-6-10-15/h3-12,17H,13-14H2,1-2H3,(H2,19,20,22)/p+1/t17-/m0/s1. The SMILES string of the molecule is C[NH+](C)C[C@H](NC(=S)NCc1ccccc1)c1ccccc1. The summed E-state index contributed by atoms with van der Waals surface area (Å²) in [5.41, 5.74) is 2.48. The number of quaternary nitrogens is 1. The average molecular weight is 314 g/mol. The Morgan fingerprint density at radius 3 is 2.18 bits per heavy atom. The number of nitrogens with one attached hydrogen (secondary N) is 3. The number of rotatable bonds is 6. The molecule has 0 heterocycles. The fraction of sp³-hybridized carbons (Fsp3) is 0.278. The van der Waals surface area contributed by atoms with E-state index in [0.717, 1.165) is 13.1 Å². The fourth-order valence-corrected chi connectivity index (χ4v) is 2.55. The summed E-state index contributed by atoms with van der Waals surface area (Å²) in [5, 5.41) is 7.41.